The van der Waals surface area contributed by atoms with Crippen molar-refractivity contribution in [2.45, 2.75) is 6.18 Å². The van der Waals surface area contributed by atoms with E-state index in [2.05, 4.69) is 10.5 Å². The first-order chi connectivity index (χ1) is 9.47. The van der Waals surface area contributed by atoms with Crippen molar-refractivity contribution >= 4 is 23.5 Å². The van der Waals surface area contributed by atoms with Gasteiger partial charge >= 0.3 is 6.18 Å². The Morgan fingerprint density at radius 1 is 1.05 bits per heavy atom. The third kappa shape index (κ3) is 3.74. The summed E-state index contributed by atoms with van der Waals surface area (Å²) in [4.78, 5) is 0. The number of hydrogen-bond donors (Lipinski definition) is 1. The molecular formula is C14H10ClF3N2. The number of hydrazone groups is 1. The third-order valence-electron chi connectivity index (χ3n) is 2.49. The van der Waals surface area contributed by atoms with Crippen LogP contribution in [0.1, 0.15) is 11.1 Å². The van der Waals surface area contributed by atoms with Crippen molar-refractivity contribution in [2.75, 3.05) is 5.43 Å². The summed E-state index contributed by atoms with van der Waals surface area (Å²) in [5, 5.41) is 4.04. The summed E-state index contributed by atoms with van der Waals surface area (Å²) in [6, 6.07) is 12.2. The largest absolute Gasteiger partial charge is 0.416 e. The van der Waals surface area contributed by atoms with Gasteiger partial charge < -0.3 is 0 Å². The Labute approximate surface area is 118 Å². The number of rotatable bonds is 3. The molecule has 0 unspecified atom stereocenters. The zero-order valence-corrected chi connectivity index (χ0v) is 10.9. The van der Waals surface area contributed by atoms with Crippen LogP contribution in [0.3, 0.4) is 0 Å². The summed E-state index contributed by atoms with van der Waals surface area (Å²) in [5.41, 5.74) is 2.66. The molecule has 0 atom stereocenters. The van der Waals surface area contributed by atoms with Crippen LogP contribution >= 0.6 is 11.6 Å². The van der Waals surface area contributed by atoms with Crippen molar-refractivity contribution < 1.29 is 13.2 Å². The monoisotopic (exact) mass is 298 g/mol. The van der Waals surface area contributed by atoms with Gasteiger partial charge in [0, 0.05) is 0 Å². The zero-order chi connectivity index (χ0) is 14.6. The predicted molar refractivity (Wildman–Crippen MR) is 74.1 cm³/mol. The van der Waals surface area contributed by atoms with Gasteiger partial charge in [0.05, 0.1) is 22.5 Å². The lowest BCUT2D eigenvalue weighted by molar-refractivity contribution is -0.137. The molecule has 0 saturated carbocycles. The molecule has 0 spiro atoms. The van der Waals surface area contributed by atoms with E-state index in [1.807, 2.05) is 30.3 Å². The first-order valence-corrected chi connectivity index (χ1v) is 6.05. The molecule has 0 fully saturated rings. The molecule has 2 rings (SSSR count). The first kappa shape index (κ1) is 14.4. The number of nitrogens with one attached hydrogen (secondary N) is 1. The average Bonchev–Trinajstić information content (AvgIpc) is 2.41. The zero-order valence-electron chi connectivity index (χ0n) is 10.2. The van der Waals surface area contributed by atoms with Crippen molar-refractivity contribution in [1.29, 1.82) is 0 Å². The molecule has 0 bridgehead atoms. The number of alkyl halides is 3. The van der Waals surface area contributed by atoms with E-state index in [9.17, 15) is 13.2 Å². The highest BCUT2D eigenvalue weighted by molar-refractivity contribution is 6.33. The van der Waals surface area contributed by atoms with Crippen LogP contribution < -0.4 is 5.43 Å². The lowest BCUT2D eigenvalue weighted by atomic mass is 10.2. The summed E-state index contributed by atoms with van der Waals surface area (Å²) >= 11 is 5.82. The maximum Gasteiger partial charge on any atom is 0.416 e. The van der Waals surface area contributed by atoms with Crippen molar-refractivity contribution in [3.8, 4) is 0 Å². The van der Waals surface area contributed by atoms with Crippen LogP contribution in [0.25, 0.3) is 0 Å². The summed E-state index contributed by atoms with van der Waals surface area (Å²) in [5.74, 6) is 0. The Morgan fingerprint density at radius 3 is 2.40 bits per heavy atom. The van der Waals surface area contributed by atoms with E-state index < -0.39 is 11.7 Å². The Bertz CT molecular complexity index is 610. The smallest absolute Gasteiger partial charge is 0.277 e. The third-order valence-corrected chi connectivity index (χ3v) is 2.82. The summed E-state index contributed by atoms with van der Waals surface area (Å²) in [7, 11) is 0. The fourth-order valence-electron chi connectivity index (χ4n) is 1.50. The van der Waals surface area contributed by atoms with E-state index >= 15 is 0 Å². The minimum absolute atomic E-state index is 0.105. The number of benzene rings is 2. The van der Waals surface area contributed by atoms with E-state index in [-0.39, 0.29) is 10.7 Å². The molecular weight excluding hydrogens is 289 g/mol. The Balaban J connectivity index is 2.15. The SMILES string of the molecule is FC(F)(F)c1ccc(Cl)c(N/N=C/c2ccccc2)c1. The van der Waals surface area contributed by atoms with Crippen LogP contribution in [0.4, 0.5) is 18.9 Å². The number of hydrogen-bond acceptors (Lipinski definition) is 2. The summed E-state index contributed by atoms with van der Waals surface area (Å²) in [6.07, 6.45) is -2.92. The first-order valence-electron chi connectivity index (χ1n) is 5.68. The van der Waals surface area contributed by atoms with E-state index in [1.165, 1.54) is 12.3 Å². The van der Waals surface area contributed by atoms with Gasteiger partial charge in [-0.1, -0.05) is 41.9 Å². The second-order valence-electron chi connectivity index (χ2n) is 3.97. The normalized spacial score (nSPS) is 11.8. The van der Waals surface area contributed by atoms with Gasteiger partial charge in [0.1, 0.15) is 0 Å². The van der Waals surface area contributed by atoms with Gasteiger partial charge in [-0.15, -0.1) is 0 Å². The molecule has 0 radical (unpaired) electrons. The summed E-state index contributed by atoms with van der Waals surface area (Å²) in [6.45, 7) is 0. The van der Waals surface area contributed by atoms with Gasteiger partial charge in [-0.2, -0.15) is 18.3 Å². The highest BCUT2D eigenvalue weighted by Gasteiger charge is 2.30. The summed E-state index contributed by atoms with van der Waals surface area (Å²) < 4.78 is 37.7. The van der Waals surface area contributed by atoms with Crippen LogP contribution in [0.5, 0.6) is 0 Å². The topological polar surface area (TPSA) is 24.4 Å². The van der Waals surface area contributed by atoms with Gasteiger partial charge in [-0.05, 0) is 23.8 Å². The predicted octanol–water partition coefficient (Wildman–Crippen LogP) is 4.80. The second kappa shape index (κ2) is 5.96. The molecule has 104 valence electrons. The maximum absolute atomic E-state index is 12.6. The Morgan fingerprint density at radius 2 is 1.75 bits per heavy atom. The fourth-order valence-corrected chi connectivity index (χ4v) is 1.66. The van der Waals surface area contributed by atoms with Crippen molar-refractivity contribution in [1.82, 2.24) is 0 Å². The molecule has 1 N–H and O–H groups in total. The molecule has 2 nitrogen and oxygen atoms in total. The second-order valence-corrected chi connectivity index (χ2v) is 4.38. The van der Waals surface area contributed by atoms with E-state index in [1.54, 1.807) is 0 Å². The van der Waals surface area contributed by atoms with Gasteiger partial charge in [-0.25, -0.2) is 0 Å². The quantitative estimate of drug-likeness (QED) is 0.638. The molecule has 0 aliphatic carbocycles. The number of halogens is 4. The van der Waals surface area contributed by atoms with Crippen LogP contribution in [-0.2, 0) is 6.18 Å². The highest BCUT2D eigenvalue weighted by Crippen LogP contribution is 2.33. The van der Waals surface area contributed by atoms with E-state index in [4.69, 9.17) is 11.6 Å². The molecule has 0 aliphatic heterocycles. The number of nitrogens with zero attached hydrogens (tertiary/aromatic N) is 1. The van der Waals surface area contributed by atoms with Crippen LogP contribution in [0, 0.1) is 0 Å². The standard InChI is InChI=1S/C14H10ClF3N2/c15-12-7-6-11(14(16,17)18)8-13(12)20-19-9-10-4-2-1-3-5-10/h1-9,20H/b19-9+. The van der Waals surface area contributed by atoms with E-state index in [0.29, 0.717) is 0 Å². The van der Waals surface area contributed by atoms with Crippen molar-refractivity contribution in [3.63, 3.8) is 0 Å². The Hall–Kier alpha value is -2.01. The highest BCUT2D eigenvalue weighted by atomic mass is 35.5. The maximum atomic E-state index is 12.6. The molecule has 2 aromatic carbocycles. The van der Waals surface area contributed by atoms with Gasteiger partial charge in [0.15, 0.2) is 0 Å². The molecule has 0 heterocycles. The molecule has 6 heteroatoms. The van der Waals surface area contributed by atoms with Gasteiger partial charge in [0.2, 0.25) is 0 Å². The van der Waals surface area contributed by atoms with Gasteiger partial charge in [0.25, 0.3) is 0 Å². The minimum atomic E-state index is -4.41. The average molecular weight is 299 g/mol. The molecule has 20 heavy (non-hydrogen) atoms. The molecule has 0 amide bonds. The van der Waals surface area contributed by atoms with Crippen LogP contribution in [0.2, 0.25) is 5.02 Å². The van der Waals surface area contributed by atoms with Crippen LogP contribution in [-0.4, -0.2) is 6.21 Å². The Kier molecular flexibility index (Phi) is 4.29. The number of anilines is 1. The molecule has 0 aliphatic rings. The lowest BCUT2D eigenvalue weighted by Gasteiger charge is -2.09. The molecule has 2 aromatic rings. The fraction of sp³-hybridized carbons (Fsp3) is 0.0714. The van der Waals surface area contributed by atoms with Crippen LogP contribution in [0.15, 0.2) is 53.6 Å². The van der Waals surface area contributed by atoms with Crippen molar-refractivity contribution in [3.05, 3.63) is 64.7 Å². The van der Waals surface area contributed by atoms with E-state index in [0.717, 1.165) is 17.7 Å². The van der Waals surface area contributed by atoms with Crippen molar-refractivity contribution in [2.24, 2.45) is 5.10 Å². The molecule has 0 aromatic heterocycles. The lowest BCUT2D eigenvalue weighted by Crippen LogP contribution is -2.05. The molecule has 0 saturated heterocycles. The minimum Gasteiger partial charge on any atom is -0.277 e. The van der Waals surface area contributed by atoms with Gasteiger partial charge in [-0.3, -0.25) is 5.43 Å².